The van der Waals surface area contributed by atoms with Crippen molar-refractivity contribution in [3.8, 4) is 5.75 Å². The summed E-state index contributed by atoms with van der Waals surface area (Å²) in [6.45, 7) is 15.4. The maximum absolute atomic E-state index is 14.7. The first kappa shape index (κ1) is 47.1. The quantitative estimate of drug-likeness (QED) is 0.0930. The number of likely N-dealkylation sites (N-methyl/N-ethyl adjacent to an activating group) is 1. The van der Waals surface area contributed by atoms with Crippen LogP contribution >= 0.6 is 11.3 Å². The fourth-order valence-electron chi connectivity index (χ4n) is 8.19. The van der Waals surface area contributed by atoms with Crippen molar-refractivity contribution < 1.29 is 33.8 Å². The van der Waals surface area contributed by atoms with Gasteiger partial charge in [-0.1, -0.05) is 60.5 Å². The van der Waals surface area contributed by atoms with Crippen LogP contribution in [0.3, 0.4) is 0 Å². The second kappa shape index (κ2) is 23.3. The Labute approximate surface area is 350 Å². The van der Waals surface area contributed by atoms with Crippen LogP contribution in [-0.4, -0.2) is 108 Å². The Kier molecular flexibility index (Phi) is 18.9. The number of nitrogens with zero attached hydrogens (tertiary/aromatic N) is 3. The molecule has 2 aliphatic rings. The molecular formula is C44H70N6O7S. The number of likely N-dealkylation sites (tertiary alicyclic amines) is 1. The fraction of sp³-hybridized carbons (Fsp3) is 0.705. The number of nitrogens with two attached hydrogens (primary N) is 1. The smallest absolute Gasteiger partial charge is 0.311 e. The van der Waals surface area contributed by atoms with Crippen molar-refractivity contribution >= 4 is 35.0 Å². The van der Waals surface area contributed by atoms with Gasteiger partial charge < -0.3 is 35.8 Å². The van der Waals surface area contributed by atoms with Crippen molar-refractivity contribution in [2.75, 3.05) is 39.9 Å². The molecule has 2 heterocycles. The van der Waals surface area contributed by atoms with Gasteiger partial charge in [-0.25, -0.2) is 4.98 Å². The van der Waals surface area contributed by atoms with E-state index in [2.05, 4.69) is 43.2 Å². The Morgan fingerprint density at radius 1 is 1.09 bits per heavy atom. The first-order chi connectivity index (χ1) is 27.8. The van der Waals surface area contributed by atoms with E-state index in [-0.39, 0.29) is 53.8 Å². The number of aliphatic carboxylic acids is 1. The van der Waals surface area contributed by atoms with Gasteiger partial charge in [0.1, 0.15) is 28.6 Å². The van der Waals surface area contributed by atoms with Gasteiger partial charge in [0.05, 0.1) is 18.6 Å². The summed E-state index contributed by atoms with van der Waals surface area (Å²) < 4.78 is 12.3. The molecule has 0 radical (unpaired) electrons. The number of carboxylic acid groups (broad SMARTS) is 1. The second-order valence-corrected chi connectivity index (χ2v) is 17.5. The largest absolute Gasteiger partial charge is 0.494 e. The van der Waals surface area contributed by atoms with Crippen molar-refractivity contribution in [2.45, 2.75) is 148 Å². The number of rotatable bonds is 23. The summed E-state index contributed by atoms with van der Waals surface area (Å²) in [6, 6.07) is 4.05. The summed E-state index contributed by atoms with van der Waals surface area (Å²) in [7, 11) is 1.98. The Hall–Kier alpha value is -3.59. The van der Waals surface area contributed by atoms with Gasteiger partial charge in [-0.3, -0.25) is 24.1 Å². The molecule has 0 bridgehead atoms. The molecule has 0 saturated carbocycles. The highest BCUT2D eigenvalue weighted by atomic mass is 32.1. The van der Waals surface area contributed by atoms with Crippen LogP contribution in [0.25, 0.3) is 0 Å². The van der Waals surface area contributed by atoms with E-state index in [4.69, 9.17) is 20.2 Å². The van der Waals surface area contributed by atoms with Crippen LogP contribution in [0, 0.1) is 11.8 Å². The molecule has 7 unspecified atom stereocenters. The minimum atomic E-state index is -0.947. The van der Waals surface area contributed by atoms with Crippen molar-refractivity contribution in [2.24, 2.45) is 17.6 Å². The number of hydrogen-bond donors (Lipinski definition) is 4. The fourth-order valence-corrected chi connectivity index (χ4v) is 9.05. The van der Waals surface area contributed by atoms with Crippen LogP contribution < -0.4 is 21.1 Å². The zero-order chi connectivity index (χ0) is 42.4. The first-order valence-corrected chi connectivity index (χ1v) is 22.6. The van der Waals surface area contributed by atoms with Crippen LogP contribution in [0.2, 0.25) is 0 Å². The highest BCUT2D eigenvalue weighted by Gasteiger charge is 2.39. The third-order valence-corrected chi connectivity index (χ3v) is 12.7. The van der Waals surface area contributed by atoms with Gasteiger partial charge in [0.2, 0.25) is 11.8 Å². The maximum Gasteiger partial charge on any atom is 0.311 e. The van der Waals surface area contributed by atoms with Gasteiger partial charge in [0, 0.05) is 37.0 Å². The van der Waals surface area contributed by atoms with E-state index >= 15 is 0 Å². The van der Waals surface area contributed by atoms with Crippen LogP contribution in [0.1, 0.15) is 144 Å². The van der Waals surface area contributed by atoms with Crippen molar-refractivity contribution in [1.29, 1.82) is 0 Å². The number of unbranched alkanes of at least 4 members (excludes halogenated alkanes) is 1. The standard InChI is InChI=1S/C44H70N6O7S/c1-8-19-50(43(53)39(29(6)10-3)48-41(52)36-15-11-13-20-49(36)7)37(28(4)5)26-38(57-21-9-2)42-47-35(27-58-42)40(51)46-31-23-30-16-17-32(56-22-14-12-18-45)25-33(30)34(24-31)44(54)55/h16-17,25,27-29,31,34,36-39H,8-15,18-24,26,45H2,1-7H3,(H,46,51)(H,48,52)(H,54,55). The lowest BCUT2D eigenvalue weighted by Gasteiger charge is -2.40. The molecule has 13 nitrogen and oxygen atoms in total. The van der Waals surface area contributed by atoms with Gasteiger partial charge in [-0.05, 0) is 107 Å². The summed E-state index contributed by atoms with van der Waals surface area (Å²) >= 11 is 1.35. The Morgan fingerprint density at radius 3 is 2.52 bits per heavy atom. The lowest BCUT2D eigenvalue weighted by Crippen LogP contribution is -2.58. The summed E-state index contributed by atoms with van der Waals surface area (Å²) in [6.07, 6.45) is 7.54. The minimum absolute atomic E-state index is 0.0591. The molecule has 3 amide bonds. The van der Waals surface area contributed by atoms with Gasteiger partial charge in [0.15, 0.2) is 0 Å². The number of thiazole rings is 1. The number of amides is 3. The molecule has 1 aromatic carbocycles. The molecule has 4 rings (SSSR count). The number of carboxylic acids is 1. The second-order valence-electron chi connectivity index (χ2n) is 16.6. The van der Waals surface area contributed by atoms with E-state index in [0.717, 1.165) is 63.5 Å². The Bertz CT molecular complexity index is 1640. The molecule has 5 N–H and O–H groups in total. The zero-order valence-corrected chi connectivity index (χ0v) is 36.8. The SMILES string of the molecule is CCCOC(CC(C(C)C)N(CCC)C(=O)C(NC(=O)C1CCCCN1C)C(C)CC)c1nc(C(=O)NC2Cc3ccc(OCCCCN)cc3C(C(=O)O)C2)cs1. The molecule has 2 aromatic rings. The summed E-state index contributed by atoms with van der Waals surface area (Å²) in [4.78, 5) is 63.3. The van der Waals surface area contributed by atoms with Gasteiger partial charge in [-0.2, -0.15) is 0 Å². The zero-order valence-electron chi connectivity index (χ0n) is 36.0. The topological polar surface area (TPSA) is 176 Å². The monoisotopic (exact) mass is 827 g/mol. The van der Waals surface area contributed by atoms with E-state index in [1.807, 2.05) is 44.0 Å². The lowest BCUT2D eigenvalue weighted by molar-refractivity contribution is -0.143. The predicted octanol–water partition coefficient (Wildman–Crippen LogP) is 6.31. The number of benzene rings is 1. The number of hydrogen-bond acceptors (Lipinski definition) is 10. The number of fused-ring (bicyclic) bond motifs is 1. The molecular weight excluding hydrogens is 757 g/mol. The molecule has 14 heteroatoms. The van der Waals surface area contributed by atoms with Crippen molar-refractivity contribution in [3.63, 3.8) is 0 Å². The molecule has 1 saturated heterocycles. The van der Waals surface area contributed by atoms with E-state index in [1.165, 1.54) is 11.3 Å². The normalized spacial score (nSPS) is 20.4. The number of nitrogens with one attached hydrogen (secondary N) is 2. The van der Waals surface area contributed by atoms with Gasteiger partial charge in [-0.15, -0.1) is 11.3 Å². The molecule has 58 heavy (non-hydrogen) atoms. The van der Waals surface area contributed by atoms with Gasteiger partial charge in [0.25, 0.3) is 5.91 Å². The van der Waals surface area contributed by atoms with Crippen LogP contribution in [0.15, 0.2) is 23.6 Å². The highest BCUT2D eigenvalue weighted by molar-refractivity contribution is 7.09. The molecule has 1 fully saturated rings. The highest BCUT2D eigenvalue weighted by Crippen LogP contribution is 2.36. The minimum Gasteiger partial charge on any atom is -0.494 e. The first-order valence-electron chi connectivity index (χ1n) is 21.7. The number of aromatic nitrogens is 1. The Morgan fingerprint density at radius 2 is 1.86 bits per heavy atom. The number of carbonyl (C=O) groups is 4. The number of ether oxygens (including phenoxy) is 2. The van der Waals surface area contributed by atoms with Crippen LogP contribution in [-0.2, 0) is 25.5 Å². The molecule has 324 valence electrons. The van der Waals surface area contributed by atoms with E-state index in [1.54, 1.807) is 5.38 Å². The Balaban J connectivity index is 1.51. The molecule has 1 aliphatic carbocycles. The maximum atomic E-state index is 14.7. The summed E-state index contributed by atoms with van der Waals surface area (Å²) in [5.41, 5.74) is 7.42. The third kappa shape index (κ3) is 12.7. The molecule has 7 atom stereocenters. The number of carbonyl (C=O) groups excluding carboxylic acids is 3. The third-order valence-electron chi connectivity index (χ3n) is 11.8. The average molecular weight is 827 g/mol. The van der Waals surface area contributed by atoms with Crippen molar-refractivity contribution in [3.05, 3.63) is 45.4 Å². The van der Waals surface area contributed by atoms with Crippen LogP contribution in [0.5, 0.6) is 5.75 Å². The average Bonchev–Trinajstić information content (AvgIpc) is 3.71. The summed E-state index contributed by atoms with van der Waals surface area (Å²) in [5, 5.41) is 18.8. The summed E-state index contributed by atoms with van der Waals surface area (Å²) in [5.74, 6) is -1.62. The number of piperidine rings is 1. The van der Waals surface area contributed by atoms with Gasteiger partial charge >= 0.3 is 5.97 Å². The van der Waals surface area contributed by atoms with E-state index in [0.29, 0.717) is 55.5 Å². The van der Waals surface area contributed by atoms with Crippen molar-refractivity contribution in [1.82, 2.24) is 25.4 Å². The van der Waals surface area contributed by atoms with E-state index < -0.39 is 30.1 Å². The molecule has 1 aliphatic heterocycles. The lowest BCUT2D eigenvalue weighted by atomic mass is 9.80. The van der Waals surface area contributed by atoms with Crippen LogP contribution in [0.4, 0.5) is 0 Å². The predicted molar refractivity (Wildman–Crippen MR) is 228 cm³/mol. The van der Waals surface area contributed by atoms with E-state index in [9.17, 15) is 24.3 Å². The molecule has 1 aromatic heterocycles. The molecule has 0 spiro atoms.